The van der Waals surface area contributed by atoms with Gasteiger partial charge in [0.05, 0.1) is 0 Å². The van der Waals surface area contributed by atoms with Crippen molar-refractivity contribution in [3.8, 4) is 22.3 Å². The number of aromatic nitrogens is 8. The maximum atomic E-state index is 5.96. The summed E-state index contributed by atoms with van der Waals surface area (Å²) < 4.78 is 0. The summed E-state index contributed by atoms with van der Waals surface area (Å²) in [5.74, 6) is 2.44. The van der Waals surface area contributed by atoms with Gasteiger partial charge in [-0.05, 0) is 158 Å². The van der Waals surface area contributed by atoms with E-state index in [1.807, 2.05) is 68.0 Å². The largest absolute Gasteiger partial charge is 0.324 e. The van der Waals surface area contributed by atoms with Crippen LogP contribution in [0.3, 0.4) is 0 Å². The van der Waals surface area contributed by atoms with Crippen LogP contribution in [0.2, 0.25) is 0 Å². The first kappa shape index (κ1) is 50.8. The fourth-order valence-corrected chi connectivity index (χ4v) is 18.4. The first-order chi connectivity index (χ1) is 36.1. The Hall–Kier alpha value is -6.00. The van der Waals surface area contributed by atoms with Gasteiger partial charge >= 0.3 is 0 Å². The third-order valence-electron chi connectivity index (χ3n) is 16.2. The van der Waals surface area contributed by atoms with Gasteiger partial charge in [0, 0.05) is 136 Å². The molecule has 0 atom stereocenters. The van der Waals surface area contributed by atoms with E-state index in [1.165, 1.54) is 103 Å². The highest BCUT2D eigenvalue weighted by Crippen LogP contribution is 2.52. The highest BCUT2D eigenvalue weighted by atomic mass is 32.1. The standard InChI is InChI=1S/C62H60N8S6/c1-23-29(7)71-35(13)43(23)49-51(45-25(3)31(9)73-37(45)15)59-66-57(49)64-55-41-21-19-20-22-42(41)56(63-55)65-58-50(44-24(2)30(8)72-36(44)14)52(46-26(4)32(10)74-38(46)16)60(67-58)69-62-54(48-28(6)34(12)76-40(48)18)53(61(68-59)70-62)47-27(5)33(11)75-39(47)17/h19-22H,1-18H3,(H2,63,64,65,66,67,68,69,70). The highest BCUT2D eigenvalue weighted by Gasteiger charge is 2.36. The van der Waals surface area contributed by atoms with Crippen LogP contribution in [-0.4, -0.2) is 39.9 Å². The van der Waals surface area contributed by atoms with Gasteiger partial charge < -0.3 is 9.97 Å². The Morgan fingerprint density at radius 1 is 0.250 bits per heavy atom. The number of hydrogen-bond donors (Lipinski definition) is 2. The zero-order chi connectivity index (χ0) is 53.8. The van der Waals surface area contributed by atoms with Crippen LogP contribution in [0.15, 0.2) is 24.3 Å². The van der Waals surface area contributed by atoms with E-state index in [2.05, 4.69) is 159 Å². The van der Waals surface area contributed by atoms with E-state index in [4.69, 9.17) is 29.9 Å². The van der Waals surface area contributed by atoms with E-state index in [-0.39, 0.29) is 0 Å². The van der Waals surface area contributed by atoms with Crippen LogP contribution >= 0.6 is 68.0 Å². The van der Waals surface area contributed by atoms with E-state index in [1.54, 1.807) is 0 Å². The maximum absolute atomic E-state index is 5.96. The molecule has 14 heteroatoms. The molecular weight excluding hydrogens is 1050 g/mol. The monoisotopic (exact) mass is 1110 g/mol. The third kappa shape index (κ3) is 7.56. The summed E-state index contributed by atoms with van der Waals surface area (Å²) in [5, 5.41) is 1.89. The van der Waals surface area contributed by atoms with Crippen LogP contribution in [0.5, 0.6) is 0 Å². The smallest absolute Gasteiger partial charge is 0.165 e. The lowest BCUT2D eigenvalue weighted by Crippen LogP contribution is -1.98. The van der Waals surface area contributed by atoms with Gasteiger partial charge in [0.2, 0.25) is 0 Å². The number of aryl methyl sites for hydroxylation is 12. The van der Waals surface area contributed by atoms with Gasteiger partial charge in [0.1, 0.15) is 22.6 Å². The van der Waals surface area contributed by atoms with E-state index in [0.29, 0.717) is 45.9 Å². The van der Waals surface area contributed by atoms with Crippen molar-refractivity contribution in [2.75, 3.05) is 0 Å². The molecule has 0 radical (unpaired) electrons. The fraction of sp³-hybridized carbons (Fsp3) is 0.290. The minimum absolute atomic E-state index is 0.610. The summed E-state index contributed by atoms with van der Waals surface area (Å²) in [6.07, 6.45) is 0. The van der Waals surface area contributed by atoms with E-state index >= 15 is 0 Å². The second-order valence-corrected chi connectivity index (χ2v) is 29.3. The zero-order valence-electron chi connectivity index (χ0n) is 46.4. The van der Waals surface area contributed by atoms with Crippen molar-refractivity contribution >= 4 is 124 Å². The summed E-state index contributed by atoms with van der Waals surface area (Å²) in [6, 6.07) is 8.42. The number of benzene rings is 1. The quantitative estimate of drug-likeness (QED) is 0.172. The molecule has 10 aromatic rings. The molecule has 0 saturated carbocycles. The molecule has 12 rings (SSSR count). The second-order valence-electron chi connectivity index (χ2n) is 20.7. The zero-order valence-corrected chi connectivity index (χ0v) is 51.3. The Labute approximate surface area is 468 Å². The number of fused-ring (bicyclic) bond motifs is 11. The minimum atomic E-state index is 0.610. The van der Waals surface area contributed by atoms with Crippen LogP contribution in [0.25, 0.3) is 77.9 Å². The molecule has 8 nitrogen and oxygen atoms in total. The van der Waals surface area contributed by atoms with Crippen LogP contribution < -0.4 is 0 Å². The molecule has 2 aliphatic heterocycles. The lowest BCUT2D eigenvalue weighted by Gasteiger charge is -2.12. The van der Waals surface area contributed by atoms with Crippen LogP contribution in [-0.2, 0) is 0 Å². The minimum Gasteiger partial charge on any atom is -0.324 e. The van der Waals surface area contributed by atoms with Gasteiger partial charge in [-0.25, -0.2) is 29.9 Å². The SMILES string of the molecule is Cc1sc(C)c(C2=C(c3c(C)sc(C)c3C)c3nc2nc2[nH]c(nc4nc(nc5[nH]c(n3)c3ccccc53)C(c3c(C)sc(C)c3C)=C4c3c(C)sc(C)c3C)c(-c3c(C)sc(C)c3C)c2-c2c(C)sc(C)c2C)c1C. The summed E-state index contributed by atoms with van der Waals surface area (Å²) in [6.45, 7) is 40.3. The van der Waals surface area contributed by atoms with Gasteiger partial charge in [-0.1, -0.05) is 24.3 Å². The number of rotatable bonds is 6. The highest BCUT2D eigenvalue weighted by molar-refractivity contribution is 7.14. The van der Waals surface area contributed by atoms with Gasteiger partial charge in [-0.2, -0.15) is 0 Å². The van der Waals surface area contributed by atoms with Crippen molar-refractivity contribution in [3.63, 3.8) is 0 Å². The first-order valence-electron chi connectivity index (χ1n) is 25.7. The topological polar surface area (TPSA) is 109 Å². The average molecular weight is 1110 g/mol. The number of nitrogens with one attached hydrogen (secondary N) is 2. The third-order valence-corrected chi connectivity index (χ3v) is 22.9. The Bertz CT molecular complexity index is 4170. The van der Waals surface area contributed by atoms with Crippen molar-refractivity contribution in [3.05, 3.63) is 162 Å². The van der Waals surface area contributed by atoms with E-state index in [9.17, 15) is 0 Å². The molecule has 0 aliphatic carbocycles. The second kappa shape index (κ2) is 18.3. The molecule has 384 valence electrons. The van der Waals surface area contributed by atoms with Crippen molar-refractivity contribution in [1.29, 1.82) is 0 Å². The Morgan fingerprint density at radius 3 is 0.711 bits per heavy atom. The van der Waals surface area contributed by atoms with Crippen molar-refractivity contribution < 1.29 is 0 Å². The Balaban J connectivity index is 1.39. The summed E-state index contributed by atoms with van der Waals surface area (Å²) >= 11 is 11.0. The molecular formula is C62H60N8S6. The summed E-state index contributed by atoms with van der Waals surface area (Å²) in [4.78, 5) is 57.5. The number of thiophene rings is 6. The summed E-state index contributed by atoms with van der Waals surface area (Å²) in [5.41, 5.74) is 23.1. The van der Waals surface area contributed by atoms with E-state index < -0.39 is 0 Å². The Morgan fingerprint density at radius 2 is 0.474 bits per heavy atom. The molecule has 11 heterocycles. The molecule has 76 heavy (non-hydrogen) atoms. The first-order valence-corrected chi connectivity index (χ1v) is 30.6. The van der Waals surface area contributed by atoms with Gasteiger partial charge in [0.25, 0.3) is 0 Å². The van der Waals surface area contributed by atoms with Crippen LogP contribution in [0, 0.1) is 125 Å². The van der Waals surface area contributed by atoms with Gasteiger partial charge in [-0.15, -0.1) is 68.0 Å². The van der Waals surface area contributed by atoms with Crippen LogP contribution in [0.1, 0.15) is 137 Å². The van der Waals surface area contributed by atoms with Crippen molar-refractivity contribution in [1.82, 2.24) is 39.9 Å². The molecule has 0 unspecified atom stereocenters. The predicted molar refractivity (Wildman–Crippen MR) is 329 cm³/mol. The molecule has 8 bridgehead atoms. The number of H-pyrrole nitrogens is 2. The molecule has 0 saturated heterocycles. The van der Waals surface area contributed by atoms with Crippen molar-refractivity contribution in [2.45, 2.75) is 125 Å². The average Bonchev–Trinajstić information content (AvgIpc) is 4.31. The Kier molecular flexibility index (Phi) is 12.2. The molecule has 0 spiro atoms. The van der Waals surface area contributed by atoms with Gasteiger partial charge in [-0.3, -0.25) is 0 Å². The predicted octanol–water partition coefficient (Wildman–Crippen LogP) is 18.3. The maximum Gasteiger partial charge on any atom is 0.165 e. The molecule has 0 fully saturated rings. The molecule has 0 amide bonds. The number of hydrogen-bond acceptors (Lipinski definition) is 12. The summed E-state index contributed by atoms with van der Waals surface area (Å²) in [7, 11) is 0. The fourth-order valence-electron chi connectivity index (χ4n) is 12.0. The number of nitrogens with zero attached hydrogens (tertiary/aromatic N) is 6. The molecule has 1 aromatic carbocycles. The lowest BCUT2D eigenvalue weighted by molar-refractivity contribution is 1.10. The van der Waals surface area contributed by atoms with Gasteiger partial charge in [0.15, 0.2) is 23.3 Å². The normalized spacial score (nSPS) is 13.0. The van der Waals surface area contributed by atoms with Crippen LogP contribution in [0.4, 0.5) is 0 Å². The van der Waals surface area contributed by atoms with E-state index in [0.717, 1.165) is 66.4 Å². The lowest BCUT2D eigenvalue weighted by atomic mass is 9.91. The number of aromatic amines is 2. The molecule has 2 N–H and O–H groups in total. The van der Waals surface area contributed by atoms with Crippen molar-refractivity contribution in [2.24, 2.45) is 0 Å². The molecule has 9 aromatic heterocycles. The molecule has 2 aliphatic rings.